The standard InChI is InChI=1S/C24H23FN4O2S/c1-14-21(13-17-5-11-20(31-4)12-6-17)16(3)29(28-14)24-26-15(2)22(32-24)23(30)27-19-9-7-18(25)8-10-19/h5-12H,13H2,1-4H3,(H,27,30). The second kappa shape index (κ2) is 8.92. The average molecular weight is 451 g/mol. The zero-order valence-corrected chi connectivity index (χ0v) is 19.1. The van der Waals surface area contributed by atoms with Crippen molar-refractivity contribution in [2.24, 2.45) is 0 Å². The second-order valence-electron chi connectivity index (χ2n) is 7.46. The first-order valence-corrected chi connectivity index (χ1v) is 10.9. The normalized spacial score (nSPS) is 10.9. The van der Waals surface area contributed by atoms with Gasteiger partial charge in [0.05, 0.1) is 18.5 Å². The van der Waals surface area contributed by atoms with Gasteiger partial charge >= 0.3 is 0 Å². The van der Waals surface area contributed by atoms with E-state index < -0.39 is 0 Å². The summed E-state index contributed by atoms with van der Waals surface area (Å²) in [5.41, 5.74) is 5.33. The van der Waals surface area contributed by atoms with Crippen molar-refractivity contribution in [1.29, 1.82) is 0 Å². The van der Waals surface area contributed by atoms with Crippen molar-refractivity contribution in [3.63, 3.8) is 0 Å². The molecule has 2 aromatic heterocycles. The molecule has 0 spiro atoms. The third kappa shape index (κ3) is 4.40. The Morgan fingerprint density at radius 3 is 2.41 bits per heavy atom. The summed E-state index contributed by atoms with van der Waals surface area (Å²) in [7, 11) is 1.65. The molecule has 0 saturated carbocycles. The molecule has 0 fully saturated rings. The van der Waals surface area contributed by atoms with E-state index in [1.165, 1.54) is 35.6 Å². The fraction of sp³-hybridized carbons (Fsp3) is 0.208. The number of aromatic nitrogens is 3. The number of thiazole rings is 1. The lowest BCUT2D eigenvalue weighted by atomic mass is 10.0. The first-order valence-electron chi connectivity index (χ1n) is 10.1. The quantitative estimate of drug-likeness (QED) is 0.436. The average Bonchev–Trinajstić information content (AvgIpc) is 3.30. The molecule has 8 heteroatoms. The van der Waals surface area contributed by atoms with Crippen molar-refractivity contribution in [2.45, 2.75) is 27.2 Å². The molecule has 164 valence electrons. The van der Waals surface area contributed by atoms with Crippen LogP contribution in [0.1, 0.15) is 37.9 Å². The molecule has 0 aliphatic carbocycles. The summed E-state index contributed by atoms with van der Waals surface area (Å²) in [6, 6.07) is 13.6. The zero-order chi connectivity index (χ0) is 22.8. The van der Waals surface area contributed by atoms with Crippen LogP contribution < -0.4 is 10.1 Å². The fourth-order valence-electron chi connectivity index (χ4n) is 3.47. The van der Waals surface area contributed by atoms with Gasteiger partial charge in [-0.3, -0.25) is 4.79 Å². The van der Waals surface area contributed by atoms with Crippen LogP contribution in [-0.2, 0) is 6.42 Å². The Bertz CT molecular complexity index is 1260. The summed E-state index contributed by atoms with van der Waals surface area (Å²) in [6.07, 6.45) is 0.740. The van der Waals surface area contributed by atoms with Gasteiger partial charge in [-0.2, -0.15) is 5.10 Å². The van der Waals surface area contributed by atoms with E-state index in [1.54, 1.807) is 18.7 Å². The molecule has 6 nitrogen and oxygen atoms in total. The smallest absolute Gasteiger partial charge is 0.267 e. The maximum atomic E-state index is 13.1. The van der Waals surface area contributed by atoms with E-state index in [2.05, 4.69) is 15.4 Å². The minimum Gasteiger partial charge on any atom is -0.497 e. The number of methoxy groups -OCH3 is 1. The Labute approximate surface area is 189 Å². The van der Waals surface area contributed by atoms with E-state index in [0.717, 1.165) is 34.7 Å². The van der Waals surface area contributed by atoms with Crippen LogP contribution in [-0.4, -0.2) is 27.8 Å². The van der Waals surface area contributed by atoms with Crippen molar-refractivity contribution in [3.8, 4) is 10.9 Å². The molecule has 0 saturated heterocycles. The minimum atomic E-state index is -0.353. The van der Waals surface area contributed by atoms with Gasteiger partial charge in [-0.05, 0) is 62.7 Å². The molecule has 2 heterocycles. The predicted octanol–water partition coefficient (Wildman–Crippen LogP) is 5.24. The van der Waals surface area contributed by atoms with Crippen LogP contribution >= 0.6 is 11.3 Å². The van der Waals surface area contributed by atoms with Gasteiger partial charge in [0.2, 0.25) is 5.13 Å². The zero-order valence-electron chi connectivity index (χ0n) is 18.3. The lowest BCUT2D eigenvalue weighted by molar-refractivity contribution is 0.103. The Balaban J connectivity index is 1.58. The number of anilines is 1. The van der Waals surface area contributed by atoms with E-state index in [-0.39, 0.29) is 11.7 Å². The summed E-state index contributed by atoms with van der Waals surface area (Å²) in [5, 5.41) is 8.11. The first kappa shape index (κ1) is 21.7. The van der Waals surface area contributed by atoms with Gasteiger partial charge in [0.15, 0.2) is 0 Å². The highest BCUT2D eigenvalue weighted by atomic mass is 32.1. The van der Waals surface area contributed by atoms with Gasteiger partial charge in [0, 0.05) is 23.4 Å². The Morgan fingerprint density at radius 2 is 1.75 bits per heavy atom. The molecule has 1 N–H and O–H groups in total. The van der Waals surface area contributed by atoms with Crippen molar-refractivity contribution in [2.75, 3.05) is 12.4 Å². The summed E-state index contributed by atoms with van der Waals surface area (Å²) >= 11 is 1.28. The molecular formula is C24H23FN4O2S. The first-order chi connectivity index (χ1) is 15.4. The van der Waals surface area contributed by atoms with Crippen molar-refractivity contribution >= 4 is 22.9 Å². The number of rotatable bonds is 6. The number of amides is 1. The number of halogens is 1. The van der Waals surface area contributed by atoms with Crippen LogP contribution in [0.5, 0.6) is 5.75 Å². The number of benzene rings is 2. The lowest BCUT2D eigenvalue weighted by Gasteiger charge is -2.05. The van der Waals surface area contributed by atoms with Crippen LogP contribution in [0, 0.1) is 26.6 Å². The van der Waals surface area contributed by atoms with Crippen molar-refractivity contribution in [1.82, 2.24) is 14.8 Å². The molecule has 0 aliphatic rings. The van der Waals surface area contributed by atoms with Gasteiger partial charge in [0.1, 0.15) is 16.4 Å². The fourth-order valence-corrected chi connectivity index (χ4v) is 4.44. The number of nitrogens with zero attached hydrogens (tertiary/aromatic N) is 3. The number of ether oxygens (including phenoxy) is 1. The molecule has 0 radical (unpaired) electrons. The van der Waals surface area contributed by atoms with Crippen molar-refractivity contribution in [3.05, 3.63) is 87.4 Å². The van der Waals surface area contributed by atoms with Crippen LogP contribution in [0.25, 0.3) is 5.13 Å². The third-order valence-electron chi connectivity index (χ3n) is 5.26. The third-order valence-corrected chi connectivity index (χ3v) is 6.39. The van der Waals surface area contributed by atoms with Gasteiger partial charge < -0.3 is 10.1 Å². The lowest BCUT2D eigenvalue weighted by Crippen LogP contribution is -2.11. The monoisotopic (exact) mass is 450 g/mol. The van der Waals surface area contributed by atoms with Crippen LogP contribution in [0.3, 0.4) is 0 Å². The molecule has 1 amide bonds. The molecule has 0 aliphatic heterocycles. The SMILES string of the molecule is COc1ccc(Cc2c(C)nn(-c3nc(C)c(C(=O)Nc4ccc(F)cc4)s3)c2C)cc1. The Hall–Kier alpha value is -3.52. The number of hydrogen-bond donors (Lipinski definition) is 1. The molecule has 2 aromatic carbocycles. The molecule has 0 atom stereocenters. The number of aryl methyl sites for hydroxylation is 2. The van der Waals surface area contributed by atoms with E-state index in [9.17, 15) is 9.18 Å². The van der Waals surface area contributed by atoms with E-state index in [1.807, 2.05) is 38.1 Å². The highest BCUT2D eigenvalue weighted by Crippen LogP contribution is 2.27. The van der Waals surface area contributed by atoms with Gasteiger partial charge in [0.25, 0.3) is 5.91 Å². The second-order valence-corrected chi connectivity index (χ2v) is 8.44. The number of carbonyl (C=O) groups excluding carboxylic acids is 1. The number of nitrogens with one attached hydrogen (secondary N) is 1. The van der Waals surface area contributed by atoms with Crippen LogP contribution in [0.4, 0.5) is 10.1 Å². The largest absolute Gasteiger partial charge is 0.497 e. The Kier molecular flexibility index (Phi) is 6.05. The number of carbonyl (C=O) groups is 1. The summed E-state index contributed by atoms with van der Waals surface area (Å²) in [5.74, 6) is 0.190. The Morgan fingerprint density at radius 1 is 1.06 bits per heavy atom. The highest BCUT2D eigenvalue weighted by Gasteiger charge is 2.20. The van der Waals surface area contributed by atoms with Crippen molar-refractivity contribution < 1.29 is 13.9 Å². The maximum Gasteiger partial charge on any atom is 0.267 e. The van der Waals surface area contributed by atoms with Gasteiger partial charge in [-0.25, -0.2) is 14.1 Å². The van der Waals surface area contributed by atoms with E-state index in [4.69, 9.17) is 4.74 Å². The molecule has 4 aromatic rings. The summed E-state index contributed by atoms with van der Waals surface area (Å²) in [4.78, 5) is 17.8. The van der Waals surface area contributed by atoms with Gasteiger partial charge in [-0.1, -0.05) is 23.5 Å². The number of hydrogen-bond acceptors (Lipinski definition) is 5. The van der Waals surface area contributed by atoms with Gasteiger partial charge in [-0.15, -0.1) is 0 Å². The molecule has 4 rings (SSSR count). The predicted molar refractivity (Wildman–Crippen MR) is 124 cm³/mol. The minimum absolute atomic E-state index is 0.280. The highest BCUT2D eigenvalue weighted by molar-refractivity contribution is 7.16. The topological polar surface area (TPSA) is 69.0 Å². The molecule has 32 heavy (non-hydrogen) atoms. The van der Waals surface area contributed by atoms with E-state index in [0.29, 0.717) is 21.4 Å². The molecule has 0 bridgehead atoms. The molecular weight excluding hydrogens is 427 g/mol. The maximum absolute atomic E-state index is 13.1. The van der Waals surface area contributed by atoms with E-state index >= 15 is 0 Å². The van der Waals surface area contributed by atoms with Crippen LogP contribution in [0.15, 0.2) is 48.5 Å². The summed E-state index contributed by atoms with van der Waals surface area (Å²) in [6.45, 7) is 5.78. The molecule has 0 unspecified atom stereocenters. The van der Waals surface area contributed by atoms with Crippen LogP contribution in [0.2, 0.25) is 0 Å². The summed E-state index contributed by atoms with van der Waals surface area (Å²) < 4.78 is 20.1.